The summed E-state index contributed by atoms with van der Waals surface area (Å²) in [4.78, 5) is 17.4. The van der Waals surface area contributed by atoms with E-state index < -0.39 is 0 Å². The number of hydrogen-bond acceptors (Lipinski definition) is 3. The summed E-state index contributed by atoms with van der Waals surface area (Å²) in [6.07, 6.45) is 6.27. The monoisotopic (exact) mass is 352 g/mol. The van der Waals surface area contributed by atoms with Crippen LogP contribution in [0, 0.1) is 0 Å². The second kappa shape index (κ2) is 7.62. The molecule has 1 atom stereocenters. The van der Waals surface area contributed by atoms with Gasteiger partial charge in [0.25, 0.3) is 5.91 Å². The Morgan fingerprint density at radius 2 is 1.88 bits per heavy atom. The summed E-state index contributed by atoms with van der Waals surface area (Å²) in [6.45, 7) is 6.48. The first-order chi connectivity index (χ1) is 12.8. The summed E-state index contributed by atoms with van der Waals surface area (Å²) in [5, 5.41) is 4.29. The van der Waals surface area contributed by atoms with Crippen LogP contribution in [0.1, 0.15) is 41.4 Å². The van der Waals surface area contributed by atoms with Gasteiger partial charge >= 0.3 is 0 Å². The van der Waals surface area contributed by atoms with Crippen LogP contribution in [0.15, 0.2) is 36.5 Å². The molecule has 0 unspecified atom stereocenters. The number of fused-ring (bicyclic) bond motifs is 1. The quantitative estimate of drug-likeness (QED) is 0.849. The molecule has 0 saturated carbocycles. The van der Waals surface area contributed by atoms with Gasteiger partial charge in [-0.15, -0.1) is 0 Å². The number of aryl methyl sites for hydroxylation is 2. The van der Waals surface area contributed by atoms with Gasteiger partial charge in [-0.1, -0.05) is 31.2 Å². The summed E-state index contributed by atoms with van der Waals surface area (Å²) >= 11 is 0. The van der Waals surface area contributed by atoms with Crippen molar-refractivity contribution in [2.75, 3.05) is 26.2 Å². The lowest BCUT2D eigenvalue weighted by molar-refractivity contribution is 0.0542. The van der Waals surface area contributed by atoms with Gasteiger partial charge in [0.1, 0.15) is 5.69 Å². The van der Waals surface area contributed by atoms with Gasteiger partial charge in [0.2, 0.25) is 0 Å². The topological polar surface area (TPSA) is 41.4 Å². The number of benzene rings is 1. The van der Waals surface area contributed by atoms with Gasteiger partial charge in [-0.2, -0.15) is 5.10 Å². The highest BCUT2D eigenvalue weighted by atomic mass is 16.2. The van der Waals surface area contributed by atoms with Crippen molar-refractivity contribution in [3.63, 3.8) is 0 Å². The van der Waals surface area contributed by atoms with Gasteiger partial charge < -0.3 is 4.90 Å². The SMILES string of the molecule is CCCn1nccc1C(=O)N1CCN([C@H]2CCc3ccccc3C2)CC1. The molecule has 2 aliphatic rings. The van der Waals surface area contributed by atoms with E-state index in [1.54, 1.807) is 6.20 Å². The van der Waals surface area contributed by atoms with Crippen molar-refractivity contribution < 1.29 is 4.79 Å². The number of aromatic nitrogens is 2. The molecule has 1 aromatic heterocycles. The van der Waals surface area contributed by atoms with Crippen LogP contribution in [0.4, 0.5) is 0 Å². The molecule has 1 aliphatic heterocycles. The fourth-order valence-corrected chi connectivity index (χ4v) is 4.35. The number of carbonyl (C=O) groups is 1. The lowest BCUT2D eigenvalue weighted by atomic mass is 9.87. The fraction of sp³-hybridized carbons (Fsp3) is 0.524. The maximum atomic E-state index is 12.8. The van der Waals surface area contributed by atoms with Crippen LogP contribution >= 0.6 is 0 Å². The number of carbonyl (C=O) groups excluding carboxylic acids is 1. The molecule has 2 aromatic rings. The largest absolute Gasteiger partial charge is 0.335 e. The van der Waals surface area contributed by atoms with Gasteiger partial charge in [-0.25, -0.2) is 0 Å². The van der Waals surface area contributed by atoms with Gasteiger partial charge in [-0.05, 0) is 42.9 Å². The molecule has 1 saturated heterocycles. The Morgan fingerprint density at radius 1 is 1.12 bits per heavy atom. The number of hydrogen-bond donors (Lipinski definition) is 0. The highest BCUT2D eigenvalue weighted by Crippen LogP contribution is 2.25. The van der Waals surface area contributed by atoms with Crippen molar-refractivity contribution in [1.29, 1.82) is 0 Å². The molecule has 5 nitrogen and oxygen atoms in total. The van der Waals surface area contributed by atoms with E-state index in [1.807, 2.05) is 15.6 Å². The predicted molar refractivity (Wildman–Crippen MR) is 102 cm³/mol. The Bertz CT molecular complexity index is 761. The molecule has 1 amide bonds. The van der Waals surface area contributed by atoms with E-state index >= 15 is 0 Å². The molecular weight excluding hydrogens is 324 g/mol. The maximum Gasteiger partial charge on any atom is 0.272 e. The van der Waals surface area contributed by atoms with Crippen LogP contribution in [-0.2, 0) is 19.4 Å². The molecule has 5 heteroatoms. The first-order valence-electron chi connectivity index (χ1n) is 9.88. The first kappa shape index (κ1) is 17.3. The van der Waals surface area contributed by atoms with Crippen molar-refractivity contribution in [3.8, 4) is 0 Å². The van der Waals surface area contributed by atoms with Crippen LogP contribution in [0.25, 0.3) is 0 Å². The zero-order chi connectivity index (χ0) is 17.9. The van der Waals surface area contributed by atoms with Crippen molar-refractivity contribution >= 4 is 5.91 Å². The Balaban J connectivity index is 1.36. The Hall–Kier alpha value is -2.14. The van der Waals surface area contributed by atoms with Crippen LogP contribution in [0.3, 0.4) is 0 Å². The summed E-state index contributed by atoms with van der Waals surface area (Å²) in [6, 6.07) is 11.3. The smallest absolute Gasteiger partial charge is 0.272 e. The summed E-state index contributed by atoms with van der Waals surface area (Å²) < 4.78 is 1.84. The zero-order valence-corrected chi connectivity index (χ0v) is 15.6. The molecule has 1 aromatic carbocycles. The van der Waals surface area contributed by atoms with Crippen molar-refractivity contribution in [2.24, 2.45) is 0 Å². The molecule has 0 spiro atoms. The minimum atomic E-state index is 0.129. The lowest BCUT2D eigenvalue weighted by Crippen LogP contribution is -2.53. The number of amides is 1. The van der Waals surface area contributed by atoms with E-state index in [2.05, 4.69) is 41.2 Å². The molecule has 1 aliphatic carbocycles. The number of nitrogens with zero attached hydrogens (tertiary/aromatic N) is 4. The molecule has 4 rings (SSSR count). The van der Waals surface area contributed by atoms with E-state index in [4.69, 9.17) is 0 Å². The summed E-state index contributed by atoms with van der Waals surface area (Å²) in [5.74, 6) is 0.129. The molecule has 0 radical (unpaired) electrons. The molecule has 2 heterocycles. The molecule has 1 fully saturated rings. The minimum Gasteiger partial charge on any atom is -0.335 e. The third-order valence-electron chi connectivity index (χ3n) is 5.81. The molecule has 0 N–H and O–H groups in total. The average Bonchev–Trinajstić information content (AvgIpc) is 3.16. The normalized spacial score (nSPS) is 20.8. The molecule has 138 valence electrons. The first-order valence-corrected chi connectivity index (χ1v) is 9.88. The van der Waals surface area contributed by atoms with E-state index in [0.29, 0.717) is 6.04 Å². The average molecular weight is 352 g/mol. The van der Waals surface area contributed by atoms with Crippen LogP contribution in [0.5, 0.6) is 0 Å². The molecule has 0 bridgehead atoms. The van der Waals surface area contributed by atoms with Gasteiger partial charge in [0, 0.05) is 45.0 Å². The lowest BCUT2D eigenvalue weighted by Gasteiger charge is -2.41. The van der Waals surface area contributed by atoms with E-state index in [0.717, 1.165) is 51.3 Å². The standard InChI is InChI=1S/C21H28N4O/c1-2-11-25-20(9-10-22-25)21(26)24-14-12-23(13-15-24)19-8-7-17-5-3-4-6-18(17)16-19/h3-6,9-10,19H,2,7-8,11-16H2,1H3/t19-/m0/s1. The maximum absolute atomic E-state index is 12.8. The van der Waals surface area contributed by atoms with Crippen LogP contribution < -0.4 is 0 Å². The Morgan fingerprint density at radius 3 is 2.65 bits per heavy atom. The van der Waals surface area contributed by atoms with E-state index in [9.17, 15) is 4.79 Å². The summed E-state index contributed by atoms with van der Waals surface area (Å²) in [7, 11) is 0. The Labute approximate surface area is 155 Å². The second-order valence-electron chi connectivity index (χ2n) is 7.43. The van der Waals surface area contributed by atoms with Crippen LogP contribution in [-0.4, -0.2) is 57.7 Å². The van der Waals surface area contributed by atoms with Gasteiger partial charge in [0.05, 0.1) is 0 Å². The van der Waals surface area contributed by atoms with Gasteiger partial charge in [-0.3, -0.25) is 14.4 Å². The molecule has 26 heavy (non-hydrogen) atoms. The second-order valence-corrected chi connectivity index (χ2v) is 7.43. The highest BCUT2D eigenvalue weighted by molar-refractivity contribution is 5.92. The van der Waals surface area contributed by atoms with E-state index in [1.165, 1.54) is 24.0 Å². The predicted octanol–water partition coefficient (Wildman–Crippen LogP) is 2.61. The number of piperazine rings is 1. The summed E-state index contributed by atoms with van der Waals surface area (Å²) in [5.41, 5.74) is 3.75. The zero-order valence-electron chi connectivity index (χ0n) is 15.6. The highest BCUT2D eigenvalue weighted by Gasteiger charge is 2.29. The van der Waals surface area contributed by atoms with E-state index in [-0.39, 0.29) is 5.91 Å². The van der Waals surface area contributed by atoms with Crippen LogP contribution in [0.2, 0.25) is 0 Å². The third-order valence-corrected chi connectivity index (χ3v) is 5.81. The van der Waals surface area contributed by atoms with Crippen molar-refractivity contribution in [3.05, 3.63) is 53.3 Å². The van der Waals surface area contributed by atoms with Crippen molar-refractivity contribution in [1.82, 2.24) is 19.6 Å². The third kappa shape index (κ3) is 3.40. The van der Waals surface area contributed by atoms with Gasteiger partial charge in [0.15, 0.2) is 0 Å². The number of rotatable bonds is 4. The minimum absolute atomic E-state index is 0.129. The van der Waals surface area contributed by atoms with Crippen molar-refractivity contribution in [2.45, 2.75) is 45.2 Å². The molecular formula is C21H28N4O. The fourth-order valence-electron chi connectivity index (χ4n) is 4.35. The Kier molecular flexibility index (Phi) is 5.07.